The van der Waals surface area contributed by atoms with Crippen molar-refractivity contribution >= 4 is 34.1 Å². The Labute approximate surface area is 184 Å². The Morgan fingerprint density at radius 2 is 2.13 bits per heavy atom. The van der Waals surface area contributed by atoms with E-state index in [9.17, 15) is 9.18 Å². The second kappa shape index (κ2) is 9.27. The number of aromatic nitrogens is 3. The van der Waals surface area contributed by atoms with Gasteiger partial charge in [0.2, 0.25) is 11.2 Å². The first kappa shape index (κ1) is 21.6. The third-order valence-electron chi connectivity index (χ3n) is 5.55. The van der Waals surface area contributed by atoms with Crippen LogP contribution in [-0.4, -0.2) is 83.6 Å². The molecule has 1 aliphatic heterocycles. The number of H-pyrrole nitrogens is 1. The van der Waals surface area contributed by atoms with Crippen LogP contribution in [0.25, 0.3) is 22.2 Å². The standard InChI is InChI=1S/C21H24ClFN6O2/c1-28-6-8-29(9-7-28)17(12-31-2)20(30)26-16-5-3-4-13-14(10-24-19(13)16)18-15(23)11-25-21(22)27-18/h3-5,10-11,17,24H,6-9,12H2,1-2H3,(H,26,30). The van der Waals surface area contributed by atoms with Gasteiger partial charge in [0, 0.05) is 50.4 Å². The Bertz CT molecular complexity index is 1080. The van der Waals surface area contributed by atoms with E-state index in [-0.39, 0.29) is 16.9 Å². The molecular formula is C21H24ClFN6O2. The molecule has 0 radical (unpaired) electrons. The highest BCUT2D eigenvalue weighted by atomic mass is 35.5. The molecule has 8 nitrogen and oxygen atoms in total. The molecule has 0 spiro atoms. The summed E-state index contributed by atoms with van der Waals surface area (Å²) >= 11 is 5.86. The van der Waals surface area contributed by atoms with Gasteiger partial charge in [0.15, 0.2) is 5.82 Å². The van der Waals surface area contributed by atoms with Crippen LogP contribution in [0.2, 0.25) is 5.28 Å². The molecule has 1 atom stereocenters. The van der Waals surface area contributed by atoms with E-state index in [0.717, 1.165) is 32.4 Å². The number of piperazine rings is 1. The number of carbonyl (C=O) groups is 1. The van der Waals surface area contributed by atoms with E-state index < -0.39 is 11.9 Å². The highest BCUT2D eigenvalue weighted by molar-refractivity contribution is 6.28. The van der Waals surface area contributed by atoms with E-state index in [2.05, 4.69) is 37.1 Å². The fourth-order valence-electron chi connectivity index (χ4n) is 3.84. The third kappa shape index (κ3) is 4.54. The molecule has 1 amide bonds. The number of fused-ring (bicyclic) bond motifs is 1. The fraction of sp³-hybridized carbons (Fsp3) is 0.381. The zero-order valence-electron chi connectivity index (χ0n) is 17.4. The number of hydrogen-bond donors (Lipinski definition) is 2. The number of benzene rings is 1. The average Bonchev–Trinajstić information content (AvgIpc) is 3.19. The van der Waals surface area contributed by atoms with Crippen molar-refractivity contribution in [2.24, 2.45) is 0 Å². The second-order valence-electron chi connectivity index (χ2n) is 7.57. The SMILES string of the molecule is COCC(C(=O)Nc1cccc2c(-c3nc(Cl)ncc3F)c[nH]c12)N1CCN(C)CC1. The molecule has 1 aromatic carbocycles. The van der Waals surface area contributed by atoms with Gasteiger partial charge < -0.3 is 19.9 Å². The van der Waals surface area contributed by atoms with Crippen molar-refractivity contribution < 1.29 is 13.9 Å². The smallest absolute Gasteiger partial charge is 0.244 e. The number of likely N-dealkylation sites (N-methyl/N-ethyl adjacent to an activating group) is 1. The number of methoxy groups -OCH3 is 1. The Balaban J connectivity index is 1.62. The molecule has 3 heterocycles. The number of nitrogens with one attached hydrogen (secondary N) is 2. The van der Waals surface area contributed by atoms with Gasteiger partial charge in [0.25, 0.3) is 0 Å². The molecule has 0 saturated carbocycles. The van der Waals surface area contributed by atoms with E-state index in [1.807, 2.05) is 6.07 Å². The number of halogens is 2. The van der Waals surface area contributed by atoms with Crippen molar-refractivity contribution in [3.05, 3.63) is 41.7 Å². The highest BCUT2D eigenvalue weighted by Crippen LogP contribution is 2.33. The van der Waals surface area contributed by atoms with Gasteiger partial charge in [-0.25, -0.2) is 14.4 Å². The monoisotopic (exact) mass is 446 g/mol. The van der Waals surface area contributed by atoms with Crippen LogP contribution in [0.1, 0.15) is 0 Å². The maximum Gasteiger partial charge on any atom is 0.244 e. The summed E-state index contributed by atoms with van der Waals surface area (Å²) in [5.41, 5.74) is 1.92. The van der Waals surface area contributed by atoms with Crippen molar-refractivity contribution in [2.75, 3.05) is 52.3 Å². The van der Waals surface area contributed by atoms with Gasteiger partial charge >= 0.3 is 0 Å². The van der Waals surface area contributed by atoms with Crippen LogP contribution in [0.4, 0.5) is 10.1 Å². The number of ether oxygens (including phenoxy) is 1. The molecule has 0 bridgehead atoms. The zero-order valence-corrected chi connectivity index (χ0v) is 18.1. The molecule has 4 rings (SSSR count). The van der Waals surface area contributed by atoms with Gasteiger partial charge in [-0.3, -0.25) is 9.69 Å². The Morgan fingerprint density at radius 3 is 2.87 bits per heavy atom. The van der Waals surface area contributed by atoms with Gasteiger partial charge in [-0.1, -0.05) is 12.1 Å². The summed E-state index contributed by atoms with van der Waals surface area (Å²) in [5.74, 6) is -0.721. The van der Waals surface area contributed by atoms with Crippen LogP contribution in [0.5, 0.6) is 0 Å². The highest BCUT2D eigenvalue weighted by Gasteiger charge is 2.29. The molecule has 1 fully saturated rings. The van der Waals surface area contributed by atoms with Crippen molar-refractivity contribution in [1.82, 2.24) is 24.8 Å². The summed E-state index contributed by atoms with van der Waals surface area (Å²) in [4.78, 5) is 28.3. The van der Waals surface area contributed by atoms with Crippen molar-refractivity contribution in [3.63, 3.8) is 0 Å². The first-order chi connectivity index (χ1) is 15.0. The normalized spacial score (nSPS) is 16.5. The van der Waals surface area contributed by atoms with Crippen LogP contribution in [0.15, 0.2) is 30.6 Å². The van der Waals surface area contributed by atoms with Crippen LogP contribution < -0.4 is 5.32 Å². The molecule has 0 aliphatic carbocycles. The Morgan fingerprint density at radius 1 is 1.35 bits per heavy atom. The fourth-order valence-corrected chi connectivity index (χ4v) is 3.98. The summed E-state index contributed by atoms with van der Waals surface area (Å²) in [6, 6.07) is 5.04. The summed E-state index contributed by atoms with van der Waals surface area (Å²) in [6.45, 7) is 3.68. The molecular weight excluding hydrogens is 423 g/mol. The first-order valence-electron chi connectivity index (χ1n) is 9.99. The average molecular weight is 447 g/mol. The lowest BCUT2D eigenvalue weighted by Crippen LogP contribution is -2.54. The number of amides is 1. The first-order valence-corrected chi connectivity index (χ1v) is 10.4. The maximum absolute atomic E-state index is 14.3. The molecule has 10 heteroatoms. The van der Waals surface area contributed by atoms with Gasteiger partial charge in [-0.15, -0.1) is 0 Å². The van der Waals surface area contributed by atoms with Gasteiger partial charge in [0.05, 0.1) is 24.0 Å². The summed E-state index contributed by atoms with van der Waals surface area (Å²) in [6.07, 6.45) is 2.69. The number of hydrogen-bond acceptors (Lipinski definition) is 6. The van der Waals surface area contributed by atoms with E-state index in [0.29, 0.717) is 28.8 Å². The van der Waals surface area contributed by atoms with Crippen LogP contribution in [-0.2, 0) is 9.53 Å². The van der Waals surface area contributed by atoms with Crippen LogP contribution >= 0.6 is 11.6 Å². The van der Waals surface area contributed by atoms with E-state index in [1.54, 1.807) is 25.4 Å². The summed E-state index contributed by atoms with van der Waals surface area (Å²) < 4.78 is 19.6. The lowest BCUT2D eigenvalue weighted by molar-refractivity contribution is -0.124. The summed E-state index contributed by atoms with van der Waals surface area (Å²) in [7, 11) is 3.66. The number of anilines is 1. The minimum atomic E-state index is -0.574. The molecule has 2 aromatic heterocycles. The number of carbonyl (C=O) groups excluding carboxylic acids is 1. The minimum absolute atomic E-state index is 0.0372. The van der Waals surface area contributed by atoms with Gasteiger partial charge in [0.1, 0.15) is 11.7 Å². The van der Waals surface area contributed by atoms with E-state index in [4.69, 9.17) is 16.3 Å². The molecule has 164 valence electrons. The zero-order chi connectivity index (χ0) is 22.0. The van der Waals surface area contributed by atoms with Crippen molar-refractivity contribution in [2.45, 2.75) is 6.04 Å². The van der Waals surface area contributed by atoms with Crippen LogP contribution in [0.3, 0.4) is 0 Å². The van der Waals surface area contributed by atoms with Crippen LogP contribution in [0, 0.1) is 5.82 Å². The predicted molar refractivity (Wildman–Crippen MR) is 118 cm³/mol. The Hall–Kier alpha value is -2.59. The molecule has 1 saturated heterocycles. The summed E-state index contributed by atoms with van der Waals surface area (Å²) in [5, 5.41) is 3.69. The van der Waals surface area contributed by atoms with Gasteiger partial charge in [-0.05, 0) is 24.7 Å². The Kier molecular flexibility index (Phi) is 6.47. The maximum atomic E-state index is 14.3. The molecule has 31 heavy (non-hydrogen) atoms. The minimum Gasteiger partial charge on any atom is -0.383 e. The topological polar surface area (TPSA) is 86.4 Å². The predicted octanol–water partition coefficient (Wildman–Crippen LogP) is 2.62. The molecule has 1 aliphatic rings. The number of nitrogens with zero attached hydrogens (tertiary/aromatic N) is 4. The van der Waals surface area contributed by atoms with Crippen molar-refractivity contribution in [1.29, 1.82) is 0 Å². The lowest BCUT2D eigenvalue weighted by atomic mass is 10.1. The quantitative estimate of drug-likeness (QED) is 0.566. The number of aromatic amines is 1. The molecule has 2 N–H and O–H groups in total. The molecule has 3 aromatic rings. The van der Waals surface area contributed by atoms with Gasteiger partial charge in [-0.2, -0.15) is 0 Å². The van der Waals surface area contributed by atoms with Crippen molar-refractivity contribution in [3.8, 4) is 11.3 Å². The van der Waals surface area contributed by atoms with E-state index >= 15 is 0 Å². The second-order valence-corrected chi connectivity index (χ2v) is 7.90. The largest absolute Gasteiger partial charge is 0.383 e. The third-order valence-corrected chi connectivity index (χ3v) is 5.73. The molecule has 1 unspecified atom stereocenters. The number of para-hydroxylation sites is 1. The van der Waals surface area contributed by atoms with E-state index in [1.165, 1.54) is 0 Å². The lowest BCUT2D eigenvalue weighted by Gasteiger charge is -2.36. The number of rotatable bonds is 6.